The number of nitrogens with zero attached hydrogens (tertiary/aromatic N) is 2. The first kappa shape index (κ1) is 16.0. The van der Waals surface area contributed by atoms with Gasteiger partial charge in [0.05, 0.1) is 0 Å². The zero-order valence-electron chi connectivity index (χ0n) is 14.5. The molecule has 0 N–H and O–H groups in total. The van der Waals surface area contributed by atoms with Crippen LogP contribution in [0.5, 0.6) is 0 Å². The van der Waals surface area contributed by atoms with Gasteiger partial charge >= 0.3 is 164 Å². The monoisotopic (exact) mass is 420 g/mol. The van der Waals surface area contributed by atoms with Crippen LogP contribution in [0.3, 0.4) is 0 Å². The Balaban J connectivity index is 1.95. The molecular formula is C22H16N2SSe+. The van der Waals surface area contributed by atoms with E-state index in [1.165, 1.54) is 42.4 Å². The molecule has 125 valence electrons. The summed E-state index contributed by atoms with van der Waals surface area (Å²) in [6, 6.07) is 19.4. The van der Waals surface area contributed by atoms with Gasteiger partial charge in [0.15, 0.2) is 0 Å². The summed E-state index contributed by atoms with van der Waals surface area (Å²) in [5.41, 5.74) is 3.60. The zero-order chi connectivity index (χ0) is 17.8. The SMILES string of the molecule is Cc1c(-c2c3cc4ccccc4c([Se])c3nc[n+]2C)sc2ccccc12. The summed E-state index contributed by atoms with van der Waals surface area (Å²) in [6.45, 7) is 2.22. The first-order chi connectivity index (χ1) is 12.6. The molecule has 5 aromatic rings. The van der Waals surface area contributed by atoms with Crippen LogP contribution in [0.25, 0.3) is 42.3 Å². The van der Waals surface area contributed by atoms with E-state index in [-0.39, 0.29) is 0 Å². The number of hydrogen-bond donors (Lipinski definition) is 0. The maximum atomic E-state index is 4.74. The van der Waals surface area contributed by atoms with Crippen LogP contribution < -0.4 is 9.03 Å². The molecule has 2 aromatic heterocycles. The Morgan fingerprint density at radius 1 is 0.962 bits per heavy atom. The van der Waals surface area contributed by atoms with E-state index < -0.39 is 0 Å². The van der Waals surface area contributed by atoms with Gasteiger partial charge in [-0.2, -0.15) is 0 Å². The Kier molecular flexibility index (Phi) is 3.61. The number of fused-ring (bicyclic) bond motifs is 3. The van der Waals surface area contributed by atoms with Crippen molar-refractivity contribution in [3.63, 3.8) is 0 Å². The predicted molar refractivity (Wildman–Crippen MR) is 111 cm³/mol. The van der Waals surface area contributed by atoms with Gasteiger partial charge in [0.2, 0.25) is 0 Å². The molecule has 2 nitrogen and oxygen atoms in total. The summed E-state index contributed by atoms with van der Waals surface area (Å²) in [6.07, 6.45) is 1.93. The molecule has 0 aliphatic heterocycles. The maximum absolute atomic E-state index is 4.74. The number of benzene rings is 3. The summed E-state index contributed by atoms with van der Waals surface area (Å²) in [7, 11) is 2.08. The van der Waals surface area contributed by atoms with Gasteiger partial charge in [0, 0.05) is 0 Å². The van der Waals surface area contributed by atoms with Crippen LogP contribution in [0.1, 0.15) is 5.56 Å². The van der Waals surface area contributed by atoms with Crippen molar-refractivity contribution in [2.75, 3.05) is 0 Å². The third-order valence-corrected chi connectivity index (χ3v) is 7.15. The third-order valence-electron chi connectivity index (χ3n) is 5.00. The van der Waals surface area contributed by atoms with Gasteiger partial charge in [0.1, 0.15) is 0 Å². The average molecular weight is 419 g/mol. The van der Waals surface area contributed by atoms with E-state index in [2.05, 4.69) is 89.1 Å². The molecule has 0 fully saturated rings. The first-order valence-corrected chi connectivity index (χ1v) is 10.2. The zero-order valence-corrected chi connectivity index (χ0v) is 17.0. The Morgan fingerprint density at radius 3 is 2.50 bits per heavy atom. The van der Waals surface area contributed by atoms with Gasteiger partial charge in [-0.05, 0) is 0 Å². The second-order valence-corrected chi connectivity index (χ2v) is 8.49. The molecule has 0 saturated heterocycles. The molecule has 0 bridgehead atoms. The molecule has 1 radical (unpaired) electrons. The van der Waals surface area contributed by atoms with Gasteiger partial charge in [-0.3, -0.25) is 0 Å². The predicted octanol–water partition coefficient (Wildman–Crippen LogP) is 4.20. The standard InChI is InChI=1S/C22H16N2SSe/c1-13-15-8-5-6-10-18(15)25-21(13)20-17-11-14-7-3-4-9-16(14)22(26)19(17)23-12-24(20)2/h3-12H,1-2H3/q+1. The molecule has 3 aromatic carbocycles. The fourth-order valence-corrected chi connectivity index (χ4v) is 5.73. The molecule has 5 rings (SSSR count). The van der Waals surface area contributed by atoms with Crippen molar-refractivity contribution >= 4 is 63.6 Å². The van der Waals surface area contributed by atoms with E-state index in [9.17, 15) is 0 Å². The molecule has 0 unspecified atom stereocenters. The van der Waals surface area contributed by atoms with Crippen LogP contribution in [0.4, 0.5) is 0 Å². The van der Waals surface area contributed by atoms with Crippen molar-refractivity contribution in [1.82, 2.24) is 4.98 Å². The summed E-state index contributed by atoms with van der Waals surface area (Å²) >= 11 is 5.12. The van der Waals surface area contributed by atoms with E-state index in [1.54, 1.807) is 0 Å². The van der Waals surface area contributed by atoms with Crippen LogP contribution in [0.2, 0.25) is 0 Å². The third kappa shape index (κ3) is 2.23. The normalized spacial score (nSPS) is 11.6. The second kappa shape index (κ2) is 5.88. The molecule has 0 saturated carbocycles. The van der Waals surface area contributed by atoms with Gasteiger partial charge < -0.3 is 0 Å². The minimum absolute atomic E-state index is 1.04. The van der Waals surface area contributed by atoms with Crippen molar-refractivity contribution in [2.45, 2.75) is 6.92 Å². The Bertz CT molecular complexity index is 1320. The fraction of sp³-hybridized carbons (Fsp3) is 0.0909. The first-order valence-electron chi connectivity index (χ1n) is 8.51. The van der Waals surface area contributed by atoms with Crippen molar-refractivity contribution < 1.29 is 4.57 Å². The summed E-state index contributed by atoms with van der Waals surface area (Å²) in [5.74, 6) is 0. The Morgan fingerprint density at radius 2 is 1.69 bits per heavy atom. The molecule has 0 aliphatic carbocycles. The molecular weight excluding hydrogens is 403 g/mol. The van der Waals surface area contributed by atoms with Crippen LogP contribution in [-0.4, -0.2) is 21.0 Å². The van der Waals surface area contributed by atoms with Gasteiger partial charge in [-0.25, -0.2) is 0 Å². The fourth-order valence-electron chi connectivity index (χ4n) is 3.69. The van der Waals surface area contributed by atoms with Crippen molar-refractivity contribution in [3.8, 4) is 10.6 Å². The van der Waals surface area contributed by atoms with E-state index >= 15 is 0 Å². The van der Waals surface area contributed by atoms with Crippen LogP contribution in [-0.2, 0) is 7.05 Å². The number of thiophene rings is 1. The number of rotatable bonds is 1. The number of aromatic nitrogens is 2. The second-order valence-electron chi connectivity index (χ2n) is 6.58. The molecule has 0 amide bonds. The van der Waals surface area contributed by atoms with Crippen LogP contribution in [0, 0.1) is 6.92 Å². The van der Waals surface area contributed by atoms with E-state index in [0.29, 0.717) is 0 Å². The van der Waals surface area contributed by atoms with Crippen LogP contribution >= 0.6 is 11.3 Å². The molecule has 0 spiro atoms. The summed E-state index contributed by atoms with van der Waals surface area (Å²) in [4.78, 5) is 6.05. The molecule has 4 heteroatoms. The van der Waals surface area contributed by atoms with Crippen molar-refractivity contribution in [1.29, 1.82) is 0 Å². The number of hydrogen-bond acceptors (Lipinski definition) is 2. The van der Waals surface area contributed by atoms with Gasteiger partial charge in [-0.15, -0.1) is 0 Å². The Hall–Kier alpha value is -2.26. The summed E-state index contributed by atoms with van der Waals surface area (Å²) in [5, 5.41) is 4.99. The molecule has 0 aliphatic rings. The number of aryl methyl sites for hydroxylation is 2. The molecule has 2 heterocycles. The van der Waals surface area contributed by atoms with Crippen molar-refractivity contribution in [2.24, 2.45) is 7.05 Å². The van der Waals surface area contributed by atoms with Gasteiger partial charge in [0.25, 0.3) is 0 Å². The van der Waals surface area contributed by atoms with Crippen molar-refractivity contribution in [3.05, 3.63) is 66.5 Å². The molecule has 0 atom stereocenters. The van der Waals surface area contributed by atoms with E-state index in [0.717, 1.165) is 9.98 Å². The van der Waals surface area contributed by atoms with E-state index in [4.69, 9.17) is 4.98 Å². The van der Waals surface area contributed by atoms with Crippen LogP contribution in [0.15, 0.2) is 60.9 Å². The quantitative estimate of drug-likeness (QED) is 0.226. The summed E-state index contributed by atoms with van der Waals surface area (Å²) < 4.78 is 4.60. The topological polar surface area (TPSA) is 16.8 Å². The average Bonchev–Trinajstić information content (AvgIpc) is 2.98. The minimum atomic E-state index is 1.04. The Labute approximate surface area is 163 Å². The molecule has 26 heavy (non-hydrogen) atoms. The van der Waals surface area contributed by atoms with Gasteiger partial charge in [-0.1, -0.05) is 0 Å². The van der Waals surface area contributed by atoms with E-state index in [1.807, 2.05) is 17.7 Å².